The van der Waals surface area contributed by atoms with Crippen LogP contribution < -0.4 is 5.32 Å². The second-order valence-corrected chi connectivity index (χ2v) is 20.4. The van der Waals surface area contributed by atoms with Gasteiger partial charge in [-0.05, 0) is 12.8 Å². The molecule has 19 heteroatoms. The number of unbranched alkanes of at least 4 members (excludes halogenated alkanes) is 24. The van der Waals surface area contributed by atoms with E-state index in [1.54, 1.807) is 0 Å². The van der Waals surface area contributed by atoms with Crippen molar-refractivity contribution in [2.24, 2.45) is 0 Å². The highest BCUT2D eigenvalue weighted by molar-refractivity contribution is 5.76. The number of hydrogen-bond acceptors (Lipinski definition) is 18. The van der Waals surface area contributed by atoms with E-state index in [4.69, 9.17) is 28.4 Å². The zero-order valence-electron chi connectivity index (χ0n) is 43.2. The molecule has 0 radical (unpaired) electrons. The van der Waals surface area contributed by atoms with Gasteiger partial charge in [0.1, 0.15) is 73.2 Å². The van der Waals surface area contributed by atoms with Gasteiger partial charge < -0.3 is 89.9 Å². The average molecular weight is 1030 g/mol. The van der Waals surface area contributed by atoms with Gasteiger partial charge in [-0.1, -0.05) is 174 Å². The van der Waals surface area contributed by atoms with Gasteiger partial charge in [-0.2, -0.15) is 0 Å². The number of ether oxygens (including phenoxy) is 6. The van der Waals surface area contributed by atoms with Crippen LogP contribution in [0.1, 0.15) is 194 Å². The molecule has 12 N–H and O–H groups in total. The molecule has 0 aromatic heterocycles. The highest BCUT2D eigenvalue weighted by atomic mass is 16.8. The summed E-state index contributed by atoms with van der Waals surface area (Å²) >= 11 is 0. The van der Waals surface area contributed by atoms with E-state index in [2.05, 4.69) is 12.2 Å². The van der Waals surface area contributed by atoms with Crippen molar-refractivity contribution in [3.05, 3.63) is 0 Å². The predicted octanol–water partition coefficient (Wildman–Crippen LogP) is 3.26. The number of hydrogen-bond donors (Lipinski definition) is 12. The highest BCUT2D eigenvalue weighted by Crippen LogP contribution is 2.33. The van der Waals surface area contributed by atoms with Crippen LogP contribution in [0, 0.1) is 0 Å². The van der Waals surface area contributed by atoms with E-state index in [0.29, 0.717) is 12.8 Å². The van der Waals surface area contributed by atoms with Crippen molar-refractivity contribution >= 4 is 5.91 Å². The Hall–Kier alpha value is -1.21. The van der Waals surface area contributed by atoms with Crippen LogP contribution >= 0.6 is 0 Å². The smallest absolute Gasteiger partial charge is 0.220 e. The van der Waals surface area contributed by atoms with E-state index in [9.17, 15) is 61.0 Å². The maximum atomic E-state index is 12.7. The molecule has 0 saturated carbocycles. The summed E-state index contributed by atoms with van der Waals surface area (Å²) in [6.45, 7) is 1.42. The first kappa shape index (κ1) is 64.1. The fourth-order valence-corrected chi connectivity index (χ4v) is 9.83. The minimum atomic E-state index is -1.97. The van der Waals surface area contributed by atoms with Gasteiger partial charge >= 0.3 is 0 Å². The van der Waals surface area contributed by atoms with Gasteiger partial charge in [-0.15, -0.1) is 0 Å². The van der Waals surface area contributed by atoms with Crippen molar-refractivity contribution < 1.29 is 89.4 Å². The van der Waals surface area contributed by atoms with E-state index >= 15 is 0 Å². The van der Waals surface area contributed by atoms with Crippen molar-refractivity contribution in [1.82, 2.24) is 5.32 Å². The average Bonchev–Trinajstić information content (AvgIpc) is 3.36. The molecule has 17 unspecified atom stereocenters. The van der Waals surface area contributed by atoms with Crippen LogP contribution in [0.5, 0.6) is 0 Å². The van der Waals surface area contributed by atoms with Crippen LogP contribution in [-0.2, 0) is 33.2 Å². The highest BCUT2D eigenvalue weighted by Gasteiger charge is 2.53. The number of nitrogens with one attached hydrogen (secondary N) is 1. The minimum Gasteiger partial charge on any atom is -0.394 e. The minimum absolute atomic E-state index is 0.219. The monoisotopic (exact) mass is 1030 g/mol. The van der Waals surface area contributed by atoms with Crippen molar-refractivity contribution in [3.63, 3.8) is 0 Å². The van der Waals surface area contributed by atoms with E-state index in [-0.39, 0.29) is 18.9 Å². The van der Waals surface area contributed by atoms with E-state index in [1.165, 1.54) is 135 Å². The van der Waals surface area contributed by atoms with Gasteiger partial charge in [0.2, 0.25) is 5.91 Å². The number of aliphatic hydroxyl groups excluding tert-OH is 11. The van der Waals surface area contributed by atoms with Gasteiger partial charge in [-0.3, -0.25) is 4.79 Å². The van der Waals surface area contributed by atoms with Crippen molar-refractivity contribution in [2.75, 3.05) is 26.4 Å². The standard InChI is InChI=1S/C52H99NO18/c1-3-5-6-7-8-9-10-11-12-13-14-15-16-17-18-19-20-21-22-23-24-25-26-27-28-30-36(57)35(53-40(58)29-4-2)34-66-50-46(64)43(61)48(38(32-55)68-50)71-52-47(65)44(62)49(39(33-56)69-52)70-51-45(63)42(60)41(59)37(31-54)67-51/h35-39,41-52,54-57,59-65H,3-34H2,1-2H3,(H,53,58). The second kappa shape index (κ2) is 37.5. The molecule has 0 aromatic rings. The summed E-state index contributed by atoms with van der Waals surface area (Å²) in [6, 6.07) is -0.876. The zero-order chi connectivity index (χ0) is 52.0. The Morgan fingerprint density at radius 1 is 0.451 bits per heavy atom. The molecule has 3 aliphatic rings. The van der Waals surface area contributed by atoms with Gasteiger partial charge in [-0.25, -0.2) is 0 Å². The molecule has 420 valence electrons. The van der Waals surface area contributed by atoms with Crippen LogP contribution in [0.15, 0.2) is 0 Å². The first-order valence-corrected chi connectivity index (χ1v) is 27.8. The number of aliphatic hydroxyl groups is 11. The molecule has 3 fully saturated rings. The molecule has 19 nitrogen and oxygen atoms in total. The number of rotatable bonds is 40. The lowest BCUT2D eigenvalue weighted by atomic mass is 9.96. The Labute approximate surface area is 423 Å². The molecule has 3 heterocycles. The van der Waals surface area contributed by atoms with Crippen LogP contribution in [0.25, 0.3) is 0 Å². The lowest BCUT2D eigenvalue weighted by Crippen LogP contribution is -2.66. The summed E-state index contributed by atoms with van der Waals surface area (Å²) in [4.78, 5) is 12.7. The normalized spacial score (nSPS) is 32.2. The van der Waals surface area contributed by atoms with Gasteiger partial charge in [0, 0.05) is 6.42 Å². The first-order chi connectivity index (χ1) is 34.3. The SMILES string of the molecule is CCCCCCCCCCCCCCCCCCCCCCCCCCCC(O)C(COC1OC(CO)C(OC2OC(CO)C(OC3OC(CO)C(O)C(O)C3O)C(O)C2O)C(O)C1O)NC(=O)CCC. The third kappa shape index (κ3) is 22.9. The predicted molar refractivity (Wildman–Crippen MR) is 264 cm³/mol. The molecule has 71 heavy (non-hydrogen) atoms. The topological polar surface area (TPSA) is 307 Å². The Morgan fingerprint density at radius 3 is 1.20 bits per heavy atom. The number of amides is 1. The quantitative estimate of drug-likeness (QED) is 0.0392. The lowest BCUT2D eigenvalue weighted by molar-refractivity contribution is -0.379. The molecular formula is C52H99NO18. The van der Waals surface area contributed by atoms with Crippen LogP contribution in [0.4, 0.5) is 0 Å². The molecule has 17 atom stereocenters. The van der Waals surface area contributed by atoms with Gasteiger partial charge in [0.25, 0.3) is 0 Å². The van der Waals surface area contributed by atoms with Crippen LogP contribution in [-0.4, -0.2) is 193 Å². The Balaban J connectivity index is 1.33. The maximum absolute atomic E-state index is 12.7. The number of carbonyl (C=O) groups is 1. The van der Waals surface area contributed by atoms with Crippen LogP contribution in [0.2, 0.25) is 0 Å². The summed E-state index contributed by atoms with van der Waals surface area (Å²) < 4.78 is 33.9. The van der Waals surface area contributed by atoms with Crippen molar-refractivity contribution in [1.29, 1.82) is 0 Å². The maximum Gasteiger partial charge on any atom is 0.220 e. The molecule has 3 aliphatic heterocycles. The summed E-state index contributed by atoms with van der Waals surface area (Å²) in [5.74, 6) is -0.294. The third-order valence-electron chi connectivity index (χ3n) is 14.4. The molecule has 1 amide bonds. The lowest BCUT2D eigenvalue weighted by Gasteiger charge is -2.48. The Kier molecular flexibility index (Phi) is 33.9. The fourth-order valence-electron chi connectivity index (χ4n) is 9.83. The molecule has 0 bridgehead atoms. The van der Waals surface area contributed by atoms with Crippen LogP contribution in [0.3, 0.4) is 0 Å². The number of carbonyl (C=O) groups excluding carboxylic acids is 1. The Bertz CT molecular complexity index is 1320. The van der Waals surface area contributed by atoms with Crippen molar-refractivity contribution in [2.45, 2.75) is 298 Å². The third-order valence-corrected chi connectivity index (χ3v) is 14.4. The molecule has 0 aliphatic carbocycles. The van der Waals surface area contributed by atoms with Gasteiger partial charge in [0.05, 0.1) is 38.6 Å². The summed E-state index contributed by atoms with van der Waals surface area (Å²) in [5.41, 5.74) is 0. The van der Waals surface area contributed by atoms with E-state index in [1.807, 2.05) is 6.92 Å². The Morgan fingerprint density at radius 2 is 0.803 bits per heavy atom. The summed E-state index contributed by atoms with van der Waals surface area (Å²) in [6.07, 6.45) is 7.11. The zero-order valence-corrected chi connectivity index (χ0v) is 43.2. The molecule has 0 spiro atoms. The molecular weight excluding hydrogens is 927 g/mol. The molecule has 0 aromatic carbocycles. The van der Waals surface area contributed by atoms with E-state index < -0.39 is 124 Å². The van der Waals surface area contributed by atoms with Gasteiger partial charge in [0.15, 0.2) is 18.9 Å². The van der Waals surface area contributed by atoms with Crippen molar-refractivity contribution in [3.8, 4) is 0 Å². The first-order valence-electron chi connectivity index (χ1n) is 27.8. The molecule has 3 saturated heterocycles. The fraction of sp³-hybridized carbons (Fsp3) is 0.981. The summed E-state index contributed by atoms with van der Waals surface area (Å²) in [7, 11) is 0. The molecule has 3 rings (SSSR count). The van der Waals surface area contributed by atoms with E-state index in [0.717, 1.165) is 25.7 Å². The summed E-state index contributed by atoms with van der Waals surface area (Å²) in [5, 5.41) is 119. The largest absolute Gasteiger partial charge is 0.394 e. The second-order valence-electron chi connectivity index (χ2n) is 20.4.